The van der Waals surface area contributed by atoms with Crippen molar-refractivity contribution in [2.24, 2.45) is 0 Å². The van der Waals surface area contributed by atoms with Crippen LogP contribution in [-0.2, 0) is 13.1 Å². The zero-order valence-corrected chi connectivity index (χ0v) is 11.8. The molecule has 2 aliphatic heterocycles. The Bertz CT molecular complexity index is 545. The molecular formula is C16H21N3O. The number of nitrogens with one attached hydrogen (secondary N) is 1. The van der Waals surface area contributed by atoms with Gasteiger partial charge in [0.25, 0.3) is 5.91 Å². The number of fused-ring (bicyclic) bond motifs is 1. The molecule has 4 heteroatoms. The van der Waals surface area contributed by atoms with Crippen molar-refractivity contribution >= 4 is 5.91 Å². The van der Waals surface area contributed by atoms with E-state index in [2.05, 4.69) is 10.2 Å². The van der Waals surface area contributed by atoms with Crippen molar-refractivity contribution < 1.29 is 4.79 Å². The Balaban J connectivity index is 1.64. The summed E-state index contributed by atoms with van der Waals surface area (Å²) in [5.41, 5.74) is 4.34. The second-order valence-electron chi connectivity index (χ2n) is 6.32. The Hall–Kier alpha value is -1.42. The maximum atomic E-state index is 12.0. The fraction of sp³-hybridized carbons (Fsp3) is 0.625. The highest BCUT2D eigenvalue weighted by molar-refractivity contribution is 5.98. The van der Waals surface area contributed by atoms with Gasteiger partial charge in [0.05, 0.1) is 5.69 Å². The van der Waals surface area contributed by atoms with E-state index in [0.29, 0.717) is 12.5 Å². The number of carbonyl (C=O) groups is 1. The lowest BCUT2D eigenvalue weighted by Crippen LogP contribution is -2.29. The molecule has 3 heterocycles. The molecule has 1 amide bonds. The number of carbonyl (C=O) groups excluding carboxylic acids is 1. The number of pyridine rings is 1. The van der Waals surface area contributed by atoms with E-state index in [1.165, 1.54) is 56.5 Å². The molecule has 2 fully saturated rings. The van der Waals surface area contributed by atoms with Gasteiger partial charge in [0.1, 0.15) is 0 Å². The molecule has 1 saturated heterocycles. The molecule has 4 rings (SSSR count). The summed E-state index contributed by atoms with van der Waals surface area (Å²) in [4.78, 5) is 19.3. The topological polar surface area (TPSA) is 45.2 Å². The number of aromatic nitrogens is 1. The maximum absolute atomic E-state index is 12.0. The summed E-state index contributed by atoms with van der Waals surface area (Å²) in [7, 11) is 0. The van der Waals surface area contributed by atoms with E-state index in [1.54, 1.807) is 0 Å². The average molecular weight is 271 g/mol. The quantitative estimate of drug-likeness (QED) is 0.916. The minimum Gasteiger partial charge on any atom is -0.348 e. The van der Waals surface area contributed by atoms with E-state index in [0.717, 1.165) is 17.8 Å². The molecule has 0 radical (unpaired) electrons. The summed E-state index contributed by atoms with van der Waals surface area (Å²) in [6.45, 7) is 3.92. The Labute approximate surface area is 119 Å². The molecule has 20 heavy (non-hydrogen) atoms. The Morgan fingerprint density at radius 2 is 2.05 bits per heavy atom. The lowest BCUT2D eigenvalue weighted by Gasteiger charge is -2.26. The lowest BCUT2D eigenvalue weighted by atomic mass is 10.0. The van der Waals surface area contributed by atoms with Crippen molar-refractivity contribution in [1.82, 2.24) is 15.2 Å². The summed E-state index contributed by atoms with van der Waals surface area (Å²) >= 11 is 0. The van der Waals surface area contributed by atoms with Crippen LogP contribution in [0.15, 0.2) is 6.07 Å². The third-order valence-corrected chi connectivity index (χ3v) is 4.68. The molecule has 0 aromatic carbocycles. The summed E-state index contributed by atoms with van der Waals surface area (Å²) < 4.78 is 0. The van der Waals surface area contributed by atoms with Gasteiger partial charge in [-0.15, -0.1) is 0 Å². The van der Waals surface area contributed by atoms with Gasteiger partial charge < -0.3 is 5.32 Å². The fourth-order valence-electron chi connectivity index (χ4n) is 3.42. The van der Waals surface area contributed by atoms with Crippen molar-refractivity contribution in [3.63, 3.8) is 0 Å². The number of hydrogen-bond acceptors (Lipinski definition) is 3. The minimum atomic E-state index is 0.0872. The molecule has 0 spiro atoms. The molecule has 106 valence electrons. The molecule has 0 bridgehead atoms. The molecule has 0 atom stereocenters. The van der Waals surface area contributed by atoms with Crippen LogP contribution in [0.3, 0.4) is 0 Å². The van der Waals surface area contributed by atoms with Crippen LogP contribution in [-0.4, -0.2) is 28.9 Å². The maximum Gasteiger partial charge on any atom is 0.252 e. The van der Waals surface area contributed by atoms with E-state index in [9.17, 15) is 4.79 Å². The molecule has 1 aromatic rings. The first-order valence-electron chi connectivity index (χ1n) is 7.84. The van der Waals surface area contributed by atoms with Crippen LogP contribution in [0.4, 0.5) is 0 Å². The number of piperidine rings is 1. The predicted octanol–water partition coefficient (Wildman–Crippen LogP) is 2.19. The van der Waals surface area contributed by atoms with Crippen LogP contribution < -0.4 is 5.32 Å². The van der Waals surface area contributed by atoms with E-state index >= 15 is 0 Å². The second kappa shape index (κ2) is 4.85. The molecule has 0 unspecified atom stereocenters. The zero-order chi connectivity index (χ0) is 13.5. The first-order chi connectivity index (χ1) is 9.81. The number of rotatable bonds is 3. The first kappa shape index (κ1) is 12.3. The highest BCUT2D eigenvalue weighted by Gasteiger charge is 2.33. The van der Waals surface area contributed by atoms with Crippen molar-refractivity contribution in [1.29, 1.82) is 0 Å². The van der Waals surface area contributed by atoms with Gasteiger partial charge in [0.15, 0.2) is 0 Å². The smallest absolute Gasteiger partial charge is 0.252 e. The van der Waals surface area contributed by atoms with Gasteiger partial charge in [0, 0.05) is 35.8 Å². The SMILES string of the molecule is O=C1NCc2c1cc(CN1CCCCC1)nc2C1CC1. The Morgan fingerprint density at radius 1 is 1.25 bits per heavy atom. The minimum absolute atomic E-state index is 0.0872. The number of likely N-dealkylation sites (tertiary alicyclic amines) is 1. The van der Waals surface area contributed by atoms with Crippen molar-refractivity contribution in [3.8, 4) is 0 Å². The van der Waals surface area contributed by atoms with Gasteiger partial charge in [-0.3, -0.25) is 14.7 Å². The van der Waals surface area contributed by atoms with Crippen LogP contribution in [0.5, 0.6) is 0 Å². The predicted molar refractivity (Wildman–Crippen MR) is 76.5 cm³/mol. The molecule has 1 aromatic heterocycles. The van der Waals surface area contributed by atoms with E-state index < -0.39 is 0 Å². The third kappa shape index (κ3) is 2.22. The van der Waals surface area contributed by atoms with Crippen molar-refractivity contribution in [2.75, 3.05) is 13.1 Å². The van der Waals surface area contributed by atoms with Crippen molar-refractivity contribution in [3.05, 3.63) is 28.6 Å². The Morgan fingerprint density at radius 3 is 2.80 bits per heavy atom. The van der Waals surface area contributed by atoms with Crippen LogP contribution in [0.2, 0.25) is 0 Å². The normalized spacial score (nSPS) is 22.7. The number of nitrogens with zero attached hydrogens (tertiary/aromatic N) is 2. The van der Waals surface area contributed by atoms with Crippen LogP contribution in [0.1, 0.15) is 65.3 Å². The molecule has 4 nitrogen and oxygen atoms in total. The number of amides is 1. The molecule has 1 aliphatic carbocycles. The Kier molecular flexibility index (Phi) is 2.99. The second-order valence-corrected chi connectivity index (χ2v) is 6.32. The van der Waals surface area contributed by atoms with Gasteiger partial charge >= 0.3 is 0 Å². The first-order valence-corrected chi connectivity index (χ1v) is 7.84. The molecular weight excluding hydrogens is 250 g/mol. The van der Waals surface area contributed by atoms with Gasteiger partial charge in [-0.05, 0) is 44.8 Å². The standard InChI is InChI=1S/C16H21N3O/c20-16-13-8-12(10-19-6-2-1-3-7-19)18-15(11-4-5-11)14(13)9-17-16/h8,11H,1-7,9-10H2,(H,17,20). The van der Waals surface area contributed by atoms with E-state index in [4.69, 9.17) is 4.98 Å². The van der Waals surface area contributed by atoms with Crippen LogP contribution in [0, 0.1) is 0 Å². The summed E-state index contributed by atoms with van der Waals surface area (Å²) in [5, 5.41) is 2.95. The van der Waals surface area contributed by atoms with Gasteiger partial charge in [-0.1, -0.05) is 6.42 Å². The van der Waals surface area contributed by atoms with Crippen molar-refractivity contribution in [2.45, 2.75) is 51.1 Å². The number of hydrogen-bond donors (Lipinski definition) is 1. The molecule has 1 saturated carbocycles. The van der Waals surface area contributed by atoms with E-state index in [1.807, 2.05) is 6.07 Å². The zero-order valence-electron chi connectivity index (χ0n) is 11.8. The largest absolute Gasteiger partial charge is 0.348 e. The van der Waals surface area contributed by atoms with Gasteiger partial charge in [0.2, 0.25) is 0 Å². The highest BCUT2D eigenvalue weighted by Crippen LogP contribution is 2.42. The molecule has 3 aliphatic rings. The van der Waals surface area contributed by atoms with Gasteiger partial charge in [-0.2, -0.15) is 0 Å². The fourth-order valence-corrected chi connectivity index (χ4v) is 3.42. The van der Waals surface area contributed by atoms with Crippen LogP contribution >= 0.6 is 0 Å². The van der Waals surface area contributed by atoms with Gasteiger partial charge in [-0.25, -0.2) is 0 Å². The van der Waals surface area contributed by atoms with E-state index in [-0.39, 0.29) is 5.91 Å². The summed E-state index contributed by atoms with van der Waals surface area (Å²) in [5.74, 6) is 0.696. The summed E-state index contributed by atoms with van der Waals surface area (Å²) in [6, 6.07) is 2.03. The average Bonchev–Trinajstić information content (AvgIpc) is 3.25. The lowest BCUT2D eigenvalue weighted by molar-refractivity contribution is 0.0965. The highest BCUT2D eigenvalue weighted by atomic mass is 16.1. The van der Waals surface area contributed by atoms with Crippen LogP contribution in [0.25, 0.3) is 0 Å². The third-order valence-electron chi connectivity index (χ3n) is 4.68. The monoisotopic (exact) mass is 271 g/mol. The molecule has 1 N–H and O–H groups in total. The summed E-state index contributed by atoms with van der Waals surface area (Å²) in [6.07, 6.45) is 6.41.